The van der Waals surface area contributed by atoms with Gasteiger partial charge in [-0.3, -0.25) is 4.40 Å². The van der Waals surface area contributed by atoms with Crippen LogP contribution in [0.4, 0.5) is 13.2 Å². The van der Waals surface area contributed by atoms with Crippen molar-refractivity contribution in [1.82, 2.24) is 9.38 Å². The van der Waals surface area contributed by atoms with E-state index in [9.17, 15) is 18.0 Å². The maximum Gasteiger partial charge on any atom is 0.420 e. The van der Waals surface area contributed by atoms with Gasteiger partial charge in [0.2, 0.25) is 0 Å². The normalized spacial score (nSPS) is 12.1. The lowest BCUT2D eigenvalue weighted by atomic mass is 10.2. The molecular formula is C10H6F3IN2O2. The second-order valence-corrected chi connectivity index (χ2v) is 4.86. The highest BCUT2D eigenvalue weighted by Gasteiger charge is 2.35. The van der Waals surface area contributed by atoms with Crippen LogP contribution in [0.1, 0.15) is 21.7 Å². The second kappa shape index (κ2) is 4.11. The van der Waals surface area contributed by atoms with E-state index in [1.807, 2.05) is 0 Å². The maximum atomic E-state index is 12.8. The Labute approximate surface area is 113 Å². The highest BCUT2D eigenvalue weighted by molar-refractivity contribution is 14.1. The van der Waals surface area contributed by atoms with Gasteiger partial charge in [0.1, 0.15) is 5.65 Å². The topological polar surface area (TPSA) is 54.6 Å². The third kappa shape index (κ3) is 2.04. The number of hydrogen-bond acceptors (Lipinski definition) is 2. The number of aromatic nitrogens is 2. The van der Waals surface area contributed by atoms with Crippen molar-refractivity contribution in [3.8, 4) is 0 Å². The Morgan fingerprint density at radius 1 is 1.50 bits per heavy atom. The molecule has 0 aromatic carbocycles. The lowest BCUT2D eigenvalue weighted by molar-refractivity contribution is -0.136. The van der Waals surface area contributed by atoms with E-state index in [-0.39, 0.29) is 15.0 Å². The number of halogens is 4. The van der Waals surface area contributed by atoms with Gasteiger partial charge in [0.25, 0.3) is 0 Å². The van der Waals surface area contributed by atoms with Crippen LogP contribution in [0.15, 0.2) is 12.3 Å². The molecule has 0 radical (unpaired) electrons. The number of fused-ring (bicyclic) bond motifs is 1. The van der Waals surface area contributed by atoms with Crippen molar-refractivity contribution >= 4 is 34.2 Å². The molecule has 0 spiro atoms. The third-order valence-electron chi connectivity index (χ3n) is 2.37. The first-order valence-corrected chi connectivity index (χ1v) is 5.78. The van der Waals surface area contributed by atoms with E-state index >= 15 is 0 Å². The van der Waals surface area contributed by atoms with Crippen LogP contribution in [0.25, 0.3) is 5.65 Å². The van der Waals surface area contributed by atoms with Crippen molar-refractivity contribution < 1.29 is 23.1 Å². The highest BCUT2D eigenvalue weighted by atomic mass is 127. The summed E-state index contributed by atoms with van der Waals surface area (Å²) in [6.45, 7) is 1.36. The number of hydrogen-bond donors (Lipinski definition) is 1. The summed E-state index contributed by atoms with van der Waals surface area (Å²) in [5.74, 6) is -1.31. The van der Waals surface area contributed by atoms with Crippen LogP contribution in [0, 0.1) is 10.5 Å². The van der Waals surface area contributed by atoms with Gasteiger partial charge in [0.05, 0.1) is 11.3 Å². The van der Waals surface area contributed by atoms with E-state index in [4.69, 9.17) is 5.11 Å². The monoisotopic (exact) mass is 370 g/mol. The summed E-state index contributed by atoms with van der Waals surface area (Å²) >= 11 is 1.70. The van der Waals surface area contributed by atoms with Crippen LogP contribution in [0.5, 0.6) is 0 Å². The molecule has 2 aromatic heterocycles. The van der Waals surface area contributed by atoms with E-state index in [2.05, 4.69) is 4.98 Å². The number of imidazole rings is 1. The minimum atomic E-state index is -4.57. The number of rotatable bonds is 1. The summed E-state index contributed by atoms with van der Waals surface area (Å²) in [7, 11) is 0. The van der Waals surface area contributed by atoms with E-state index in [0.29, 0.717) is 0 Å². The molecule has 0 unspecified atom stereocenters. The van der Waals surface area contributed by atoms with Crippen molar-refractivity contribution in [3.05, 3.63) is 32.8 Å². The summed E-state index contributed by atoms with van der Waals surface area (Å²) in [6, 6.07) is 0.938. The molecule has 0 saturated heterocycles. The van der Waals surface area contributed by atoms with Crippen molar-refractivity contribution in [2.75, 3.05) is 0 Å². The van der Waals surface area contributed by atoms with Crippen molar-refractivity contribution in [2.45, 2.75) is 13.1 Å². The Kier molecular flexibility index (Phi) is 2.99. The summed E-state index contributed by atoms with van der Waals surface area (Å²) < 4.78 is 39.8. The molecule has 0 bridgehead atoms. The number of carboxylic acid groups (broad SMARTS) is 1. The number of carboxylic acids is 1. The predicted molar refractivity (Wildman–Crippen MR) is 64.6 cm³/mol. The van der Waals surface area contributed by atoms with Gasteiger partial charge in [-0.25, -0.2) is 9.78 Å². The second-order valence-electron chi connectivity index (χ2n) is 3.61. The fourth-order valence-corrected chi connectivity index (χ4v) is 2.28. The summed E-state index contributed by atoms with van der Waals surface area (Å²) in [4.78, 5) is 14.7. The minimum absolute atomic E-state index is 0.0509. The van der Waals surface area contributed by atoms with Gasteiger partial charge in [-0.15, -0.1) is 0 Å². The quantitative estimate of drug-likeness (QED) is 0.786. The maximum absolute atomic E-state index is 12.8. The SMILES string of the molecule is Cc1nc2c(C(F)(F)F)cc(I)cn2c1C(=O)O. The Morgan fingerprint density at radius 2 is 2.11 bits per heavy atom. The van der Waals surface area contributed by atoms with Crippen LogP contribution < -0.4 is 0 Å². The first-order chi connectivity index (χ1) is 8.21. The van der Waals surface area contributed by atoms with Gasteiger partial charge < -0.3 is 5.11 Å². The van der Waals surface area contributed by atoms with Crippen LogP contribution in [-0.4, -0.2) is 20.5 Å². The molecule has 8 heteroatoms. The number of nitrogens with zero attached hydrogens (tertiary/aromatic N) is 2. The molecule has 0 aliphatic heterocycles. The zero-order valence-electron chi connectivity index (χ0n) is 8.92. The van der Waals surface area contributed by atoms with Gasteiger partial charge in [-0.1, -0.05) is 0 Å². The van der Waals surface area contributed by atoms with Gasteiger partial charge in [0.15, 0.2) is 5.69 Å². The number of aryl methyl sites for hydroxylation is 1. The molecule has 0 aliphatic rings. The average molecular weight is 370 g/mol. The number of aromatic carboxylic acids is 1. The largest absolute Gasteiger partial charge is 0.477 e. The first-order valence-electron chi connectivity index (χ1n) is 4.70. The smallest absolute Gasteiger partial charge is 0.420 e. The lowest BCUT2D eigenvalue weighted by Crippen LogP contribution is -2.10. The summed E-state index contributed by atoms with van der Waals surface area (Å²) in [6.07, 6.45) is -3.26. The molecule has 18 heavy (non-hydrogen) atoms. The molecule has 0 saturated carbocycles. The predicted octanol–water partition coefficient (Wildman–Crippen LogP) is 2.96. The molecule has 0 atom stereocenters. The Hall–Kier alpha value is -1.32. The standard InChI is InChI=1S/C10H6F3IN2O2/c1-4-7(9(17)18)16-3-5(14)2-6(8(16)15-4)10(11,12)13/h2-3H,1H3,(H,17,18). The van der Waals surface area contributed by atoms with Crippen LogP contribution in [0.2, 0.25) is 0 Å². The molecule has 0 fully saturated rings. The Morgan fingerprint density at radius 3 is 2.61 bits per heavy atom. The molecule has 2 aromatic rings. The number of carbonyl (C=O) groups is 1. The van der Waals surface area contributed by atoms with E-state index < -0.39 is 23.4 Å². The molecule has 2 rings (SSSR count). The van der Waals surface area contributed by atoms with Gasteiger partial charge >= 0.3 is 12.1 Å². The summed E-state index contributed by atoms with van der Waals surface area (Å²) in [5.41, 5.74) is -1.54. The molecule has 4 nitrogen and oxygen atoms in total. The highest BCUT2D eigenvalue weighted by Crippen LogP contribution is 2.34. The van der Waals surface area contributed by atoms with Crippen molar-refractivity contribution in [1.29, 1.82) is 0 Å². The van der Waals surface area contributed by atoms with Crippen molar-refractivity contribution in [3.63, 3.8) is 0 Å². The molecular weight excluding hydrogens is 364 g/mol. The van der Waals surface area contributed by atoms with Crippen molar-refractivity contribution in [2.24, 2.45) is 0 Å². The van der Waals surface area contributed by atoms with Gasteiger partial charge in [-0.2, -0.15) is 13.2 Å². The van der Waals surface area contributed by atoms with E-state index in [0.717, 1.165) is 10.5 Å². The van der Waals surface area contributed by atoms with Crippen LogP contribution in [-0.2, 0) is 6.18 Å². The summed E-state index contributed by atoms with van der Waals surface area (Å²) in [5, 5.41) is 8.99. The fourth-order valence-electron chi connectivity index (χ4n) is 1.69. The Balaban J connectivity index is 2.92. The molecule has 0 amide bonds. The van der Waals surface area contributed by atoms with Gasteiger partial charge in [-0.05, 0) is 35.6 Å². The number of alkyl halides is 3. The fraction of sp³-hybridized carbons (Fsp3) is 0.200. The van der Waals surface area contributed by atoms with E-state index in [1.54, 1.807) is 22.6 Å². The van der Waals surface area contributed by atoms with Crippen LogP contribution in [0.3, 0.4) is 0 Å². The number of pyridine rings is 1. The first kappa shape index (κ1) is 13.1. The zero-order chi connectivity index (χ0) is 13.7. The molecule has 2 heterocycles. The van der Waals surface area contributed by atoms with Gasteiger partial charge in [0, 0.05) is 9.77 Å². The Bertz CT molecular complexity index is 649. The average Bonchev–Trinajstić information content (AvgIpc) is 2.50. The zero-order valence-corrected chi connectivity index (χ0v) is 11.1. The third-order valence-corrected chi connectivity index (χ3v) is 2.96. The molecule has 1 N–H and O–H groups in total. The molecule has 0 aliphatic carbocycles. The lowest BCUT2D eigenvalue weighted by Gasteiger charge is -2.09. The minimum Gasteiger partial charge on any atom is -0.477 e. The van der Waals surface area contributed by atoms with E-state index in [1.165, 1.54) is 13.1 Å². The van der Waals surface area contributed by atoms with Crippen LogP contribution >= 0.6 is 22.6 Å². The molecule has 96 valence electrons.